The standard InChI is InChI=1S/C14H10N2O4/c17-12-5-6-13(18)16(12)20-14(19)10-7-9-3-1-2-4-11(9)15-8-10/h1-8,17-18H. The van der Waals surface area contributed by atoms with Crippen LogP contribution in [0.2, 0.25) is 0 Å². The lowest BCUT2D eigenvalue weighted by molar-refractivity contribution is 0.0381. The van der Waals surface area contributed by atoms with Gasteiger partial charge in [-0.3, -0.25) is 4.98 Å². The van der Waals surface area contributed by atoms with Gasteiger partial charge in [0.1, 0.15) is 0 Å². The average molecular weight is 270 g/mol. The molecule has 0 spiro atoms. The summed E-state index contributed by atoms with van der Waals surface area (Å²) < 4.78 is 0.636. The third-order valence-electron chi connectivity index (χ3n) is 2.80. The van der Waals surface area contributed by atoms with Gasteiger partial charge in [0.15, 0.2) is 0 Å². The van der Waals surface area contributed by atoms with E-state index in [2.05, 4.69) is 4.98 Å². The molecule has 0 saturated carbocycles. The highest BCUT2D eigenvalue weighted by atomic mass is 16.7. The Morgan fingerprint density at radius 1 is 1.10 bits per heavy atom. The first-order valence-electron chi connectivity index (χ1n) is 5.82. The van der Waals surface area contributed by atoms with Gasteiger partial charge in [-0.15, -0.1) is 4.73 Å². The quantitative estimate of drug-likeness (QED) is 0.740. The van der Waals surface area contributed by atoms with E-state index in [-0.39, 0.29) is 17.3 Å². The number of carbonyl (C=O) groups excluding carboxylic acids is 1. The third-order valence-corrected chi connectivity index (χ3v) is 2.80. The lowest BCUT2D eigenvalue weighted by Gasteiger charge is -2.07. The van der Waals surface area contributed by atoms with Gasteiger partial charge in [-0.25, -0.2) is 4.79 Å². The van der Waals surface area contributed by atoms with Crippen molar-refractivity contribution in [3.8, 4) is 11.8 Å². The fraction of sp³-hybridized carbons (Fsp3) is 0. The monoisotopic (exact) mass is 270 g/mol. The Morgan fingerprint density at radius 2 is 1.80 bits per heavy atom. The number of pyridine rings is 1. The number of carbonyl (C=O) groups is 1. The van der Waals surface area contributed by atoms with Crippen LogP contribution < -0.4 is 4.84 Å². The lowest BCUT2D eigenvalue weighted by Crippen LogP contribution is -2.19. The molecule has 20 heavy (non-hydrogen) atoms. The van der Waals surface area contributed by atoms with Crippen molar-refractivity contribution in [3.05, 3.63) is 54.2 Å². The van der Waals surface area contributed by atoms with Crippen LogP contribution in [0, 0.1) is 0 Å². The zero-order chi connectivity index (χ0) is 14.1. The number of aromatic hydroxyl groups is 2. The van der Waals surface area contributed by atoms with Gasteiger partial charge in [0.2, 0.25) is 11.8 Å². The molecule has 0 aliphatic heterocycles. The SMILES string of the molecule is O=C(On1c(O)ccc1O)c1cnc2ccccc2c1. The van der Waals surface area contributed by atoms with Crippen LogP contribution in [0.25, 0.3) is 10.9 Å². The first-order valence-corrected chi connectivity index (χ1v) is 5.82. The first-order chi connectivity index (χ1) is 9.65. The van der Waals surface area contributed by atoms with E-state index < -0.39 is 5.97 Å². The van der Waals surface area contributed by atoms with Crippen LogP contribution in [0.3, 0.4) is 0 Å². The Labute approximate surface area is 113 Å². The molecule has 0 radical (unpaired) electrons. The summed E-state index contributed by atoms with van der Waals surface area (Å²) in [5, 5.41) is 19.6. The molecule has 1 aromatic carbocycles. The molecule has 2 aromatic heterocycles. The van der Waals surface area contributed by atoms with Crippen molar-refractivity contribution < 1.29 is 19.8 Å². The number of nitrogens with zero attached hydrogens (tertiary/aromatic N) is 2. The predicted molar refractivity (Wildman–Crippen MR) is 70.4 cm³/mol. The maximum Gasteiger partial charge on any atom is 0.365 e. The molecular formula is C14H10N2O4. The van der Waals surface area contributed by atoms with E-state index in [0.29, 0.717) is 4.73 Å². The van der Waals surface area contributed by atoms with Crippen molar-refractivity contribution in [2.45, 2.75) is 0 Å². The minimum absolute atomic E-state index is 0.219. The van der Waals surface area contributed by atoms with Gasteiger partial charge in [0, 0.05) is 23.7 Å². The largest absolute Gasteiger partial charge is 0.492 e. The molecule has 6 heteroatoms. The van der Waals surface area contributed by atoms with Gasteiger partial charge in [0.25, 0.3) is 0 Å². The van der Waals surface area contributed by atoms with Crippen LogP contribution in [-0.4, -0.2) is 25.9 Å². The molecule has 3 aromatic rings. The topological polar surface area (TPSA) is 84.6 Å². The van der Waals surface area contributed by atoms with E-state index in [1.807, 2.05) is 24.3 Å². The number of benzene rings is 1. The molecule has 0 fully saturated rings. The lowest BCUT2D eigenvalue weighted by atomic mass is 10.2. The summed E-state index contributed by atoms with van der Waals surface area (Å²) in [4.78, 5) is 21.0. The van der Waals surface area contributed by atoms with Gasteiger partial charge in [-0.05, 0) is 12.1 Å². The van der Waals surface area contributed by atoms with E-state index >= 15 is 0 Å². The summed E-state index contributed by atoms with van der Waals surface area (Å²) in [6, 6.07) is 11.4. The summed E-state index contributed by atoms with van der Waals surface area (Å²) in [5.74, 6) is -1.47. The molecule has 2 heterocycles. The Morgan fingerprint density at radius 3 is 2.55 bits per heavy atom. The van der Waals surface area contributed by atoms with E-state index in [0.717, 1.165) is 10.9 Å². The number of rotatable bonds is 2. The van der Waals surface area contributed by atoms with Crippen molar-refractivity contribution in [1.82, 2.24) is 9.71 Å². The van der Waals surface area contributed by atoms with Crippen LogP contribution >= 0.6 is 0 Å². The second kappa shape index (κ2) is 4.58. The molecule has 0 bridgehead atoms. The summed E-state index contributed by atoms with van der Waals surface area (Å²) in [5.41, 5.74) is 0.979. The van der Waals surface area contributed by atoms with Crippen molar-refractivity contribution in [1.29, 1.82) is 0 Å². The zero-order valence-electron chi connectivity index (χ0n) is 10.2. The summed E-state index contributed by atoms with van der Waals surface area (Å²) in [6.45, 7) is 0. The number of para-hydroxylation sites is 1. The van der Waals surface area contributed by atoms with Crippen LogP contribution in [0.15, 0.2) is 48.7 Å². The zero-order valence-corrected chi connectivity index (χ0v) is 10.2. The van der Waals surface area contributed by atoms with E-state index in [1.54, 1.807) is 6.07 Å². The number of aromatic nitrogens is 2. The minimum atomic E-state index is -0.731. The van der Waals surface area contributed by atoms with Gasteiger partial charge < -0.3 is 15.1 Å². The number of hydrogen-bond donors (Lipinski definition) is 2. The van der Waals surface area contributed by atoms with Crippen molar-refractivity contribution in [2.75, 3.05) is 0 Å². The second-order valence-electron chi connectivity index (χ2n) is 4.14. The van der Waals surface area contributed by atoms with Crippen LogP contribution in [0.4, 0.5) is 0 Å². The minimum Gasteiger partial charge on any atom is -0.492 e. The van der Waals surface area contributed by atoms with Gasteiger partial charge in [0.05, 0.1) is 11.1 Å². The molecule has 0 amide bonds. The molecule has 0 unspecified atom stereocenters. The average Bonchev–Trinajstić information content (AvgIpc) is 2.78. The molecule has 0 aliphatic rings. The molecule has 2 N–H and O–H groups in total. The highest BCUT2D eigenvalue weighted by Gasteiger charge is 2.14. The summed E-state index contributed by atoms with van der Waals surface area (Å²) in [6.07, 6.45) is 1.38. The molecule has 6 nitrogen and oxygen atoms in total. The maximum atomic E-state index is 12.0. The van der Waals surface area contributed by atoms with E-state index in [4.69, 9.17) is 4.84 Å². The van der Waals surface area contributed by atoms with Gasteiger partial charge in [-0.1, -0.05) is 18.2 Å². The van der Waals surface area contributed by atoms with Crippen molar-refractivity contribution >= 4 is 16.9 Å². The fourth-order valence-corrected chi connectivity index (χ4v) is 1.81. The third kappa shape index (κ3) is 2.03. The highest BCUT2D eigenvalue weighted by molar-refractivity contribution is 5.93. The fourth-order valence-electron chi connectivity index (χ4n) is 1.81. The highest BCUT2D eigenvalue weighted by Crippen LogP contribution is 2.20. The summed E-state index contributed by atoms with van der Waals surface area (Å²) in [7, 11) is 0. The molecule has 0 aliphatic carbocycles. The summed E-state index contributed by atoms with van der Waals surface area (Å²) >= 11 is 0. The van der Waals surface area contributed by atoms with Crippen LogP contribution in [0.1, 0.15) is 10.4 Å². The molecule has 0 saturated heterocycles. The van der Waals surface area contributed by atoms with Crippen molar-refractivity contribution in [3.63, 3.8) is 0 Å². The molecule has 100 valence electrons. The Bertz CT molecular complexity index is 775. The predicted octanol–water partition coefficient (Wildman–Crippen LogP) is 1.72. The van der Waals surface area contributed by atoms with Gasteiger partial charge >= 0.3 is 5.97 Å². The Balaban J connectivity index is 1.93. The number of hydrogen-bond acceptors (Lipinski definition) is 5. The second-order valence-corrected chi connectivity index (χ2v) is 4.14. The maximum absolute atomic E-state index is 12.0. The van der Waals surface area contributed by atoms with Crippen LogP contribution in [0.5, 0.6) is 11.8 Å². The Kier molecular flexibility index (Phi) is 2.76. The van der Waals surface area contributed by atoms with Crippen LogP contribution in [-0.2, 0) is 0 Å². The Hall–Kier alpha value is -3.02. The van der Waals surface area contributed by atoms with E-state index in [1.165, 1.54) is 18.3 Å². The normalized spacial score (nSPS) is 10.6. The smallest absolute Gasteiger partial charge is 0.365 e. The molecule has 3 rings (SSSR count). The van der Waals surface area contributed by atoms with Crippen molar-refractivity contribution in [2.24, 2.45) is 0 Å². The van der Waals surface area contributed by atoms with Gasteiger partial charge in [-0.2, -0.15) is 0 Å². The number of fused-ring (bicyclic) bond motifs is 1. The first kappa shape index (κ1) is 12.0. The van der Waals surface area contributed by atoms with E-state index in [9.17, 15) is 15.0 Å². The molecule has 0 atom stereocenters. The molecular weight excluding hydrogens is 260 g/mol.